The zero-order chi connectivity index (χ0) is 11.7. The number of aliphatic carboxylic acids is 1. The number of methoxy groups -OCH3 is 1. The summed E-state index contributed by atoms with van der Waals surface area (Å²) < 4.78 is 5.24. The third-order valence-electron chi connectivity index (χ3n) is 3.11. The van der Waals surface area contributed by atoms with E-state index in [-0.39, 0.29) is 0 Å². The Kier molecular flexibility index (Phi) is 2.83. The van der Waals surface area contributed by atoms with Gasteiger partial charge in [0.2, 0.25) is 0 Å². The van der Waals surface area contributed by atoms with E-state index >= 15 is 0 Å². The third kappa shape index (κ3) is 1.76. The van der Waals surface area contributed by atoms with Crippen molar-refractivity contribution < 1.29 is 14.6 Å². The maximum absolute atomic E-state index is 10.9. The number of hydrogen-bond acceptors (Lipinski definition) is 3. The first-order chi connectivity index (χ1) is 7.63. The summed E-state index contributed by atoms with van der Waals surface area (Å²) >= 11 is 0. The van der Waals surface area contributed by atoms with Gasteiger partial charge in [-0.2, -0.15) is 0 Å². The molecule has 16 heavy (non-hydrogen) atoms. The van der Waals surface area contributed by atoms with Gasteiger partial charge in [-0.1, -0.05) is 6.07 Å². The Balaban J connectivity index is 2.38. The number of carboxylic acids is 1. The topological polar surface area (TPSA) is 58.6 Å². The minimum absolute atomic E-state index is 0.488. The first kappa shape index (κ1) is 11.0. The second-order valence-electron chi connectivity index (χ2n) is 4.01. The minimum Gasteiger partial charge on any atom is -0.496 e. The Morgan fingerprint density at radius 3 is 2.94 bits per heavy atom. The summed E-state index contributed by atoms with van der Waals surface area (Å²) in [5.74, 6) is 0.0256. The van der Waals surface area contributed by atoms with Crippen molar-refractivity contribution in [3.63, 3.8) is 0 Å². The molecule has 0 aliphatic carbocycles. The van der Waals surface area contributed by atoms with Gasteiger partial charge in [-0.3, -0.25) is 4.79 Å². The monoisotopic (exact) mass is 221 g/mol. The molecule has 1 aromatic carbocycles. The summed E-state index contributed by atoms with van der Waals surface area (Å²) in [5, 5.41) is 12.0. The highest BCUT2D eigenvalue weighted by molar-refractivity contribution is 5.74. The lowest BCUT2D eigenvalue weighted by atomic mass is 9.91. The molecule has 4 nitrogen and oxygen atoms in total. The third-order valence-corrected chi connectivity index (χ3v) is 3.11. The van der Waals surface area contributed by atoms with Gasteiger partial charge in [-0.15, -0.1) is 0 Å². The van der Waals surface area contributed by atoms with E-state index < -0.39 is 12.0 Å². The fourth-order valence-corrected chi connectivity index (χ4v) is 2.15. The average Bonchev–Trinajstić information content (AvgIpc) is 2.29. The molecule has 0 aromatic heterocycles. The maximum atomic E-state index is 10.9. The highest BCUT2D eigenvalue weighted by Gasteiger charge is 2.25. The van der Waals surface area contributed by atoms with Gasteiger partial charge in [0.1, 0.15) is 11.8 Å². The molecule has 2 rings (SSSR count). The average molecular weight is 221 g/mol. The Labute approximate surface area is 94.2 Å². The van der Waals surface area contributed by atoms with Crippen LogP contribution >= 0.6 is 0 Å². The number of ether oxygens (including phenoxy) is 1. The molecule has 1 unspecified atom stereocenters. The van der Waals surface area contributed by atoms with E-state index in [1.54, 1.807) is 7.11 Å². The van der Waals surface area contributed by atoms with Crippen LogP contribution in [0.2, 0.25) is 0 Å². The standard InChI is InChI=1S/C12H15NO3/c1-7-9-5-10(12(14)15)13-6-8(9)3-4-11(7)16-2/h3-4,10,13H,5-6H2,1-2H3,(H,14,15). The fraction of sp³-hybridized carbons (Fsp3) is 0.417. The zero-order valence-electron chi connectivity index (χ0n) is 9.41. The number of rotatable bonds is 2. The molecular weight excluding hydrogens is 206 g/mol. The number of fused-ring (bicyclic) bond motifs is 1. The molecule has 4 heteroatoms. The molecule has 1 aromatic rings. The van der Waals surface area contributed by atoms with Crippen molar-refractivity contribution in [3.8, 4) is 5.75 Å². The molecule has 0 saturated heterocycles. The molecule has 0 spiro atoms. The van der Waals surface area contributed by atoms with E-state index in [1.165, 1.54) is 0 Å². The summed E-state index contributed by atoms with van der Waals surface area (Å²) in [6.07, 6.45) is 0.522. The van der Waals surface area contributed by atoms with Crippen molar-refractivity contribution in [3.05, 3.63) is 28.8 Å². The first-order valence-electron chi connectivity index (χ1n) is 5.25. The number of carboxylic acid groups (broad SMARTS) is 1. The number of hydrogen-bond donors (Lipinski definition) is 2. The van der Waals surface area contributed by atoms with Crippen molar-refractivity contribution in [2.24, 2.45) is 0 Å². The molecule has 0 radical (unpaired) electrons. The molecule has 0 fully saturated rings. The quantitative estimate of drug-likeness (QED) is 0.785. The molecule has 1 aliphatic rings. The lowest BCUT2D eigenvalue weighted by Gasteiger charge is -2.25. The summed E-state index contributed by atoms with van der Waals surface area (Å²) in [4.78, 5) is 10.9. The summed E-state index contributed by atoms with van der Waals surface area (Å²) in [5.41, 5.74) is 3.31. The minimum atomic E-state index is -0.798. The normalized spacial score (nSPS) is 19.0. The second-order valence-corrected chi connectivity index (χ2v) is 4.01. The van der Waals surface area contributed by atoms with Crippen molar-refractivity contribution in [1.29, 1.82) is 0 Å². The van der Waals surface area contributed by atoms with Gasteiger partial charge < -0.3 is 15.2 Å². The maximum Gasteiger partial charge on any atom is 0.321 e. The van der Waals surface area contributed by atoms with Crippen LogP contribution in [0.15, 0.2) is 12.1 Å². The number of carbonyl (C=O) groups is 1. The Bertz CT molecular complexity index is 429. The SMILES string of the molecule is COc1ccc2c(c1C)CC(C(=O)O)NC2. The van der Waals surface area contributed by atoms with Gasteiger partial charge in [0.15, 0.2) is 0 Å². The van der Waals surface area contributed by atoms with Crippen LogP contribution in [-0.4, -0.2) is 24.2 Å². The van der Waals surface area contributed by atoms with Crippen LogP contribution in [-0.2, 0) is 17.8 Å². The molecule has 0 amide bonds. The van der Waals surface area contributed by atoms with Crippen molar-refractivity contribution >= 4 is 5.97 Å². The summed E-state index contributed by atoms with van der Waals surface area (Å²) in [6, 6.07) is 3.43. The van der Waals surface area contributed by atoms with E-state index in [4.69, 9.17) is 9.84 Å². The van der Waals surface area contributed by atoms with Crippen LogP contribution in [0.5, 0.6) is 5.75 Å². The molecule has 2 N–H and O–H groups in total. The highest BCUT2D eigenvalue weighted by atomic mass is 16.5. The van der Waals surface area contributed by atoms with Crippen LogP contribution in [0.4, 0.5) is 0 Å². The molecule has 1 heterocycles. The Morgan fingerprint density at radius 1 is 1.56 bits per heavy atom. The zero-order valence-corrected chi connectivity index (χ0v) is 9.41. The van der Waals surface area contributed by atoms with Crippen LogP contribution in [0.1, 0.15) is 16.7 Å². The van der Waals surface area contributed by atoms with Gasteiger partial charge in [0, 0.05) is 6.54 Å². The molecular formula is C12H15NO3. The number of nitrogens with one attached hydrogen (secondary N) is 1. The van der Waals surface area contributed by atoms with Gasteiger partial charge in [-0.05, 0) is 36.1 Å². The van der Waals surface area contributed by atoms with Gasteiger partial charge in [0.05, 0.1) is 7.11 Å². The molecule has 1 atom stereocenters. The van der Waals surface area contributed by atoms with Gasteiger partial charge in [-0.25, -0.2) is 0 Å². The smallest absolute Gasteiger partial charge is 0.321 e. The van der Waals surface area contributed by atoms with Crippen LogP contribution in [0, 0.1) is 6.92 Å². The summed E-state index contributed by atoms with van der Waals surface area (Å²) in [7, 11) is 1.63. The Hall–Kier alpha value is -1.55. The fourth-order valence-electron chi connectivity index (χ4n) is 2.15. The van der Waals surface area contributed by atoms with E-state index in [2.05, 4.69) is 5.32 Å². The number of benzene rings is 1. The highest BCUT2D eigenvalue weighted by Crippen LogP contribution is 2.28. The second kappa shape index (κ2) is 4.14. The van der Waals surface area contributed by atoms with Gasteiger partial charge in [0.25, 0.3) is 0 Å². The lowest BCUT2D eigenvalue weighted by Crippen LogP contribution is -2.41. The molecule has 1 aliphatic heterocycles. The van der Waals surface area contributed by atoms with E-state index in [0.29, 0.717) is 13.0 Å². The predicted molar refractivity (Wildman–Crippen MR) is 59.7 cm³/mol. The lowest BCUT2D eigenvalue weighted by molar-refractivity contribution is -0.139. The van der Waals surface area contributed by atoms with E-state index in [1.807, 2.05) is 19.1 Å². The van der Waals surface area contributed by atoms with Crippen molar-refractivity contribution in [1.82, 2.24) is 5.32 Å². The van der Waals surface area contributed by atoms with Crippen molar-refractivity contribution in [2.75, 3.05) is 7.11 Å². The van der Waals surface area contributed by atoms with Crippen LogP contribution < -0.4 is 10.1 Å². The molecule has 86 valence electrons. The Morgan fingerprint density at radius 2 is 2.31 bits per heavy atom. The van der Waals surface area contributed by atoms with Crippen LogP contribution in [0.3, 0.4) is 0 Å². The van der Waals surface area contributed by atoms with Crippen molar-refractivity contribution in [2.45, 2.75) is 25.9 Å². The largest absolute Gasteiger partial charge is 0.496 e. The molecule has 0 bridgehead atoms. The van der Waals surface area contributed by atoms with Gasteiger partial charge >= 0.3 is 5.97 Å². The molecule has 0 saturated carbocycles. The van der Waals surface area contributed by atoms with E-state index in [0.717, 1.165) is 22.4 Å². The van der Waals surface area contributed by atoms with E-state index in [9.17, 15) is 4.79 Å². The summed E-state index contributed by atoms with van der Waals surface area (Å²) in [6.45, 7) is 2.58. The van der Waals surface area contributed by atoms with Crippen LogP contribution in [0.25, 0.3) is 0 Å². The first-order valence-corrected chi connectivity index (χ1v) is 5.25. The predicted octanol–water partition coefficient (Wildman–Crippen LogP) is 1.10.